The summed E-state index contributed by atoms with van der Waals surface area (Å²) < 4.78 is 0. The molecule has 15 heavy (non-hydrogen) atoms. The smallest absolute Gasteiger partial charge is 0.0683 e. The summed E-state index contributed by atoms with van der Waals surface area (Å²) in [6.45, 7) is 8.62. The Morgan fingerprint density at radius 3 is 2.53 bits per heavy atom. The van der Waals surface area contributed by atoms with Gasteiger partial charge in [-0.25, -0.2) is 0 Å². The van der Waals surface area contributed by atoms with E-state index in [-0.39, 0.29) is 5.41 Å². The van der Waals surface area contributed by atoms with Crippen molar-refractivity contribution in [3.63, 3.8) is 0 Å². The summed E-state index contributed by atoms with van der Waals surface area (Å²) in [6, 6.07) is 2.35. The monoisotopic (exact) mass is 227 g/mol. The molecule has 2 heteroatoms. The van der Waals surface area contributed by atoms with Crippen LogP contribution in [0.25, 0.3) is 0 Å². The molecule has 0 N–H and O–H groups in total. The van der Waals surface area contributed by atoms with Gasteiger partial charge in [0.15, 0.2) is 0 Å². The molecule has 0 aromatic carbocycles. The summed E-state index contributed by atoms with van der Waals surface area (Å²) in [5.41, 5.74) is -0.124. The molecule has 1 atom stereocenters. The second-order valence-electron chi connectivity index (χ2n) is 5.04. The molecule has 0 aliphatic heterocycles. The summed E-state index contributed by atoms with van der Waals surface area (Å²) >= 11 is 2.06. The highest BCUT2D eigenvalue weighted by Crippen LogP contribution is 2.22. The van der Waals surface area contributed by atoms with Gasteiger partial charge in [-0.2, -0.15) is 17.0 Å². The van der Waals surface area contributed by atoms with Crippen LogP contribution in [-0.2, 0) is 0 Å². The normalized spacial score (nSPS) is 13.5. The van der Waals surface area contributed by atoms with E-state index in [0.717, 1.165) is 12.3 Å². The van der Waals surface area contributed by atoms with Crippen molar-refractivity contribution in [1.82, 2.24) is 0 Å². The second-order valence-corrected chi connectivity index (χ2v) is 6.19. The van der Waals surface area contributed by atoms with Gasteiger partial charge in [-0.1, -0.05) is 26.7 Å². The van der Waals surface area contributed by atoms with Crippen molar-refractivity contribution in [3.8, 4) is 6.07 Å². The molecule has 0 heterocycles. The van der Waals surface area contributed by atoms with Crippen molar-refractivity contribution in [2.45, 2.75) is 53.4 Å². The Bertz CT molecular complexity index is 193. The first kappa shape index (κ1) is 14.8. The van der Waals surface area contributed by atoms with E-state index < -0.39 is 0 Å². The molecule has 0 rings (SSSR count). The van der Waals surface area contributed by atoms with E-state index >= 15 is 0 Å². The molecule has 0 fully saturated rings. The molecule has 0 aromatic heterocycles. The maximum atomic E-state index is 8.85. The van der Waals surface area contributed by atoms with Gasteiger partial charge in [0.1, 0.15) is 0 Å². The van der Waals surface area contributed by atoms with Gasteiger partial charge < -0.3 is 0 Å². The summed E-state index contributed by atoms with van der Waals surface area (Å²) in [5.74, 6) is 3.40. The van der Waals surface area contributed by atoms with Crippen molar-refractivity contribution in [1.29, 1.82) is 5.26 Å². The van der Waals surface area contributed by atoms with E-state index in [1.54, 1.807) is 0 Å². The number of nitrogens with zero attached hydrogens (tertiary/aromatic N) is 1. The molecule has 0 saturated heterocycles. The van der Waals surface area contributed by atoms with Crippen LogP contribution >= 0.6 is 11.8 Å². The predicted octanol–water partition coefficient (Wildman–Crippen LogP) is 4.49. The average Bonchev–Trinajstić information content (AvgIpc) is 2.22. The van der Waals surface area contributed by atoms with Crippen molar-refractivity contribution >= 4 is 11.8 Å². The Morgan fingerprint density at radius 2 is 2.00 bits per heavy atom. The van der Waals surface area contributed by atoms with Crippen LogP contribution in [0.15, 0.2) is 0 Å². The molecule has 0 spiro atoms. The third-order valence-corrected chi connectivity index (χ3v) is 4.12. The fourth-order valence-corrected chi connectivity index (χ4v) is 2.44. The molecule has 0 aromatic rings. The number of hydrogen-bond donors (Lipinski definition) is 0. The van der Waals surface area contributed by atoms with E-state index in [2.05, 4.69) is 31.7 Å². The largest absolute Gasteiger partial charge is 0.198 e. The van der Waals surface area contributed by atoms with Crippen molar-refractivity contribution in [2.75, 3.05) is 11.5 Å². The number of unbranched alkanes of at least 4 members (excludes halogenated alkanes) is 1. The molecule has 88 valence electrons. The van der Waals surface area contributed by atoms with Gasteiger partial charge >= 0.3 is 0 Å². The van der Waals surface area contributed by atoms with E-state index in [0.29, 0.717) is 0 Å². The summed E-state index contributed by atoms with van der Waals surface area (Å²) in [4.78, 5) is 0. The second kappa shape index (κ2) is 8.05. The van der Waals surface area contributed by atoms with Crippen LogP contribution in [0.5, 0.6) is 0 Å². The first-order chi connectivity index (χ1) is 7.02. The van der Waals surface area contributed by atoms with Crippen LogP contribution in [0.2, 0.25) is 0 Å². The highest BCUT2D eigenvalue weighted by Gasteiger charge is 2.15. The first-order valence-corrected chi connectivity index (χ1v) is 7.16. The highest BCUT2D eigenvalue weighted by atomic mass is 32.2. The quantitative estimate of drug-likeness (QED) is 0.571. The Balaban J connectivity index is 3.30. The summed E-state index contributed by atoms with van der Waals surface area (Å²) in [5, 5.41) is 8.85. The number of nitriles is 1. The van der Waals surface area contributed by atoms with Crippen LogP contribution in [0.1, 0.15) is 53.4 Å². The van der Waals surface area contributed by atoms with Gasteiger partial charge in [0.2, 0.25) is 0 Å². The van der Waals surface area contributed by atoms with Crippen molar-refractivity contribution in [2.24, 2.45) is 11.3 Å². The van der Waals surface area contributed by atoms with Gasteiger partial charge in [0.05, 0.1) is 11.5 Å². The molecule has 0 saturated carbocycles. The third kappa shape index (κ3) is 8.81. The fraction of sp³-hybridized carbons (Fsp3) is 0.923. The van der Waals surface area contributed by atoms with E-state index in [9.17, 15) is 0 Å². The minimum atomic E-state index is -0.124. The maximum Gasteiger partial charge on any atom is 0.0683 e. The Morgan fingerprint density at radius 1 is 1.33 bits per heavy atom. The fourth-order valence-electron chi connectivity index (χ4n) is 1.23. The van der Waals surface area contributed by atoms with Gasteiger partial charge in [0.25, 0.3) is 0 Å². The molecule has 1 unspecified atom stereocenters. The van der Waals surface area contributed by atoms with Crippen LogP contribution in [0, 0.1) is 22.7 Å². The van der Waals surface area contributed by atoms with Gasteiger partial charge in [-0.3, -0.25) is 0 Å². The minimum absolute atomic E-state index is 0.124. The lowest BCUT2D eigenvalue weighted by molar-refractivity contribution is 0.433. The molecule has 1 nitrogen and oxygen atoms in total. The third-order valence-electron chi connectivity index (χ3n) is 2.74. The molecule has 0 aliphatic rings. The number of rotatable bonds is 8. The molecule has 0 bridgehead atoms. The lowest BCUT2D eigenvalue weighted by Gasteiger charge is -2.14. The zero-order valence-corrected chi connectivity index (χ0v) is 11.5. The maximum absolute atomic E-state index is 8.85. The Hall–Kier alpha value is -0.160. The van der Waals surface area contributed by atoms with E-state index in [4.69, 9.17) is 5.26 Å². The predicted molar refractivity (Wildman–Crippen MR) is 70.0 cm³/mol. The van der Waals surface area contributed by atoms with E-state index in [1.165, 1.54) is 30.8 Å². The molecular formula is C13H25NS. The van der Waals surface area contributed by atoms with Gasteiger partial charge in [-0.05, 0) is 44.1 Å². The lowest BCUT2D eigenvalue weighted by atomic mass is 9.89. The van der Waals surface area contributed by atoms with Crippen LogP contribution in [0.3, 0.4) is 0 Å². The van der Waals surface area contributed by atoms with Crippen molar-refractivity contribution < 1.29 is 0 Å². The van der Waals surface area contributed by atoms with Crippen LogP contribution in [0.4, 0.5) is 0 Å². The Labute approximate surface area is 99.6 Å². The standard InChI is InChI=1S/C13H25NS/c1-5-12(2)10-15-9-7-6-8-13(3,4)11-14/h12H,5-10H2,1-4H3. The Kier molecular flexibility index (Phi) is 7.96. The minimum Gasteiger partial charge on any atom is -0.198 e. The average molecular weight is 227 g/mol. The SMILES string of the molecule is CCC(C)CSCCCCC(C)(C)C#N. The number of thioether (sulfide) groups is 1. The van der Waals surface area contributed by atoms with Gasteiger partial charge in [-0.15, -0.1) is 0 Å². The first-order valence-electron chi connectivity index (χ1n) is 6.01. The van der Waals surface area contributed by atoms with Crippen LogP contribution in [-0.4, -0.2) is 11.5 Å². The van der Waals surface area contributed by atoms with Crippen molar-refractivity contribution in [3.05, 3.63) is 0 Å². The molecule has 0 radical (unpaired) electrons. The summed E-state index contributed by atoms with van der Waals surface area (Å²) in [6.07, 6.45) is 4.77. The van der Waals surface area contributed by atoms with Gasteiger partial charge in [0, 0.05) is 0 Å². The molecule has 0 amide bonds. The zero-order valence-electron chi connectivity index (χ0n) is 10.7. The summed E-state index contributed by atoms with van der Waals surface area (Å²) in [7, 11) is 0. The zero-order chi connectivity index (χ0) is 11.7. The topological polar surface area (TPSA) is 23.8 Å². The molecular weight excluding hydrogens is 202 g/mol. The number of hydrogen-bond acceptors (Lipinski definition) is 2. The molecule has 0 aliphatic carbocycles. The van der Waals surface area contributed by atoms with E-state index in [1.807, 2.05) is 13.8 Å². The highest BCUT2D eigenvalue weighted by molar-refractivity contribution is 7.99. The lowest BCUT2D eigenvalue weighted by Crippen LogP contribution is -2.07. The van der Waals surface area contributed by atoms with Crippen LogP contribution < -0.4 is 0 Å².